The zero-order valence-electron chi connectivity index (χ0n) is 11.4. The molecule has 19 heavy (non-hydrogen) atoms. The van der Waals surface area contributed by atoms with E-state index in [0.717, 1.165) is 18.5 Å². The van der Waals surface area contributed by atoms with Crippen LogP contribution in [0.5, 0.6) is 0 Å². The molecule has 1 N–H and O–H groups in total. The fraction of sp³-hybridized carbons (Fsp3) is 0.400. The molecule has 0 aliphatic carbocycles. The first-order chi connectivity index (χ1) is 9.19. The summed E-state index contributed by atoms with van der Waals surface area (Å²) in [6.45, 7) is 5.10. The van der Waals surface area contributed by atoms with E-state index in [0.29, 0.717) is 5.75 Å². The van der Waals surface area contributed by atoms with Crippen molar-refractivity contribution in [2.24, 2.45) is 0 Å². The maximum Gasteiger partial charge on any atom is 0.0914 e. The van der Waals surface area contributed by atoms with Crippen LogP contribution in [0.4, 0.5) is 0 Å². The van der Waals surface area contributed by atoms with Crippen LogP contribution in [0.15, 0.2) is 41.6 Å². The third-order valence-electron chi connectivity index (χ3n) is 2.89. The summed E-state index contributed by atoms with van der Waals surface area (Å²) < 4.78 is 1.88. The largest absolute Gasteiger partial charge is 0.387 e. The highest BCUT2D eigenvalue weighted by Crippen LogP contribution is 2.25. The van der Waals surface area contributed by atoms with E-state index in [-0.39, 0.29) is 0 Å². The van der Waals surface area contributed by atoms with Crippen LogP contribution in [0.1, 0.15) is 30.6 Å². The average Bonchev–Trinajstić information content (AvgIpc) is 2.85. The standard InChI is InChI=1S/C15H20N2OS/c1-3-7-17-10-13(9-16-17)15(18)11-19-14-6-4-5-12(2)8-14/h4-6,8-10,15,18H,3,7,11H2,1-2H3. The smallest absolute Gasteiger partial charge is 0.0914 e. The molecule has 1 aromatic heterocycles. The molecule has 1 atom stereocenters. The molecular formula is C15H20N2OS. The summed E-state index contributed by atoms with van der Waals surface area (Å²) in [5, 5.41) is 14.4. The monoisotopic (exact) mass is 276 g/mol. The van der Waals surface area contributed by atoms with Crippen molar-refractivity contribution in [2.75, 3.05) is 5.75 Å². The quantitative estimate of drug-likeness (QED) is 0.821. The second-order valence-electron chi connectivity index (χ2n) is 4.68. The maximum atomic E-state index is 10.2. The Labute approximate surface area is 118 Å². The minimum absolute atomic E-state index is 0.462. The van der Waals surface area contributed by atoms with Gasteiger partial charge in [-0.05, 0) is 25.5 Å². The summed E-state index contributed by atoms with van der Waals surface area (Å²) in [6.07, 6.45) is 4.29. The topological polar surface area (TPSA) is 38.0 Å². The van der Waals surface area contributed by atoms with Gasteiger partial charge in [-0.2, -0.15) is 5.10 Å². The number of benzene rings is 1. The molecule has 0 aliphatic heterocycles. The molecule has 4 heteroatoms. The third-order valence-corrected chi connectivity index (χ3v) is 3.96. The fourth-order valence-electron chi connectivity index (χ4n) is 1.88. The Morgan fingerprint density at radius 2 is 2.26 bits per heavy atom. The van der Waals surface area contributed by atoms with Gasteiger partial charge < -0.3 is 5.11 Å². The molecule has 2 rings (SSSR count). The summed E-state index contributed by atoms with van der Waals surface area (Å²) in [6, 6.07) is 8.33. The molecule has 1 unspecified atom stereocenters. The molecule has 0 spiro atoms. The molecule has 0 aliphatic rings. The lowest BCUT2D eigenvalue weighted by atomic mass is 10.2. The molecule has 0 bridgehead atoms. The van der Waals surface area contributed by atoms with Gasteiger partial charge in [0.1, 0.15) is 0 Å². The molecule has 102 valence electrons. The highest BCUT2D eigenvalue weighted by Gasteiger charge is 2.10. The highest BCUT2D eigenvalue weighted by molar-refractivity contribution is 7.99. The van der Waals surface area contributed by atoms with E-state index in [4.69, 9.17) is 0 Å². The van der Waals surface area contributed by atoms with Crippen molar-refractivity contribution in [2.45, 2.75) is 37.8 Å². The first kappa shape index (κ1) is 14.2. The molecule has 1 heterocycles. The van der Waals surface area contributed by atoms with Crippen LogP contribution in [0.25, 0.3) is 0 Å². The zero-order valence-corrected chi connectivity index (χ0v) is 12.2. The zero-order chi connectivity index (χ0) is 13.7. The summed E-state index contributed by atoms with van der Waals surface area (Å²) in [5.74, 6) is 0.654. The number of nitrogens with zero attached hydrogens (tertiary/aromatic N) is 2. The second-order valence-corrected chi connectivity index (χ2v) is 5.77. The van der Waals surface area contributed by atoms with Crippen molar-refractivity contribution in [3.63, 3.8) is 0 Å². The van der Waals surface area contributed by atoms with Gasteiger partial charge in [-0.1, -0.05) is 24.6 Å². The summed E-state index contributed by atoms with van der Waals surface area (Å²) in [4.78, 5) is 1.19. The molecule has 2 aromatic rings. The van der Waals surface area contributed by atoms with E-state index in [1.54, 1.807) is 18.0 Å². The minimum atomic E-state index is -0.462. The first-order valence-electron chi connectivity index (χ1n) is 6.59. The van der Waals surface area contributed by atoms with Crippen LogP contribution in [0.3, 0.4) is 0 Å². The SMILES string of the molecule is CCCn1cc(C(O)CSc2cccc(C)c2)cn1. The predicted molar refractivity (Wildman–Crippen MR) is 79.4 cm³/mol. The van der Waals surface area contributed by atoms with Crippen LogP contribution in [0, 0.1) is 6.92 Å². The number of thioether (sulfide) groups is 1. The molecule has 3 nitrogen and oxygen atoms in total. The average molecular weight is 276 g/mol. The first-order valence-corrected chi connectivity index (χ1v) is 7.57. The highest BCUT2D eigenvalue weighted by atomic mass is 32.2. The van der Waals surface area contributed by atoms with E-state index in [1.165, 1.54) is 10.5 Å². The molecule has 0 saturated heterocycles. The normalized spacial score (nSPS) is 12.6. The summed E-state index contributed by atoms with van der Waals surface area (Å²) >= 11 is 1.67. The lowest BCUT2D eigenvalue weighted by Gasteiger charge is -2.08. The van der Waals surface area contributed by atoms with Crippen LogP contribution < -0.4 is 0 Å². The Balaban J connectivity index is 1.91. The van der Waals surface area contributed by atoms with Gasteiger partial charge in [0.2, 0.25) is 0 Å². The van der Waals surface area contributed by atoms with Gasteiger partial charge in [0, 0.05) is 29.0 Å². The number of aliphatic hydroxyl groups excluding tert-OH is 1. The Bertz CT molecular complexity index is 524. The Kier molecular flexibility index (Phi) is 5.05. The molecule has 0 amide bonds. The van der Waals surface area contributed by atoms with Gasteiger partial charge in [-0.15, -0.1) is 11.8 Å². The van der Waals surface area contributed by atoms with Gasteiger partial charge in [0.25, 0.3) is 0 Å². The number of aliphatic hydroxyl groups is 1. The molecule has 0 radical (unpaired) electrons. The molecular weight excluding hydrogens is 256 g/mol. The number of hydrogen-bond donors (Lipinski definition) is 1. The number of rotatable bonds is 6. The van der Waals surface area contributed by atoms with Crippen molar-refractivity contribution in [1.29, 1.82) is 0 Å². The van der Waals surface area contributed by atoms with Crippen molar-refractivity contribution in [3.05, 3.63) is 47.8 Å². The van der Waals surface area contributed by atoms with Crippen molar-refractivity contribution < 1.29 is 5.11 Å². The van der Waals surface area contributed by atoms with Gasteiger partial charge >= 0.3 is 0 Å². The fourth-order valence-corrected chi connectivity index (χ4v) is 2.87. The van der Waals surface area contributed by atoms with Crippen LogP contribution in [-0.4, -0.2) is 20.6 Å². The third kappa shape index (κ3) is 4.11. The van der Waals surface area contributed by atoms with Crippen LogP contribution in [-0.2, 0) is 6.54 Å². The van der Waals surface area contributed by atoms with Crippen LogP contribution >= 0.6 is 11.8 Å². The van der Waals surface area contributed by atoms with Crippen molar-refractivity contribution >= 4 is 11.8 Å². The Morgan fingerprint density at radius 1 is 1.42 bits per heavy atom. The van der Waals surface area contributed by atoms with Gasteiger partial charge in [-0.25, -0.2) is 0 Å². The number of hydrogen-bond acceptors (Lipinski definition) is 3. The lowest BCUT2D eigenvalue weighted by molar-refractivity contribution is 0.204. The maximum absolute atomic E-state index is 10.2. The summed E-state index contributed by atoms with van der Waals surface area (Å²) in [5.41, 5.74) is 2.14. The van der Waals surface area contributed by atoms with Gasteiger partial charge in [0.15, 0.2) is 0 Å². The number of aromatic nitrogens is 2. The van der Waals surface area contributed by atoms with E-state index in [2.05, 4.69) is 37.1 Å². The van der Waals surface area contributed by atoms with E-state index < -0.39 is 6.10 Å². The number of aryl methyl sites for hydroxylation is 2. The summed E-state index contributed by atoms with van der Waals surface area (Å²) in [7, 11) is 0. The van der Waals surface area contributed by atoms with E-state index >= 15 is 0 Å². The molecule has 1 aromatic carbocycles. The van der Waals surface area contributed by atoms with Crippen molar-refractivity contribution in [1.82, 2.24) is 9.78 Å². The van der Waals surface area contributed by atoms with Crippen LogP contribution in [0.2, 0.25) is 0 Å². The Morgan fingerprint density at radius 3 is 3.00 bits per heavy atom. The Hall–Kier alpha value is -1.26. The molecule has 0 saturated carbocycles. The van der Waals surface area contributed by atoms with Gasteiger partial charge in [-0.3, -0.25) is 4.68 Å². The molecule has 0 fully saturated rings. The van der Waals surface area contributed by atoms with Crippen molar-refractivity contribution in [3.8, 4) is 0 Å². The predicted octanol–water partition coefficient (Wildman–Crippen LogP) is 3.43. The second kappa shape index (κ2) is 6.78. The van der Waals surface area contributed by atoms with Gasteiger partial charge in [0.05, 0.1) is 12.3 Å². The minimum Gasteiger partial charge on any atom is -0.387 e. The van der Waals surface area contributed by atoms with E-state index in [9.17, 15) is 5.11 Å². The van der Waals surface area contributed by atoms with E-state index in [1.807, 2.05) is 16.9 Å². The lowest BCUT2D eigenvalue weighted by Crippen LogP contribution is -2.00.